The second kappa shape index (κ2) is 5.11. The number of thioether (sulfide) groups is 1. The second-order valence-corrected chi connectivity index (χ2v) is 5.85. The first-order valence-corrected chi connectivity index (χ1v) is 7.10. The quantitative estimate of drug-likeness (QED) is 0.815. The third-order valence-electron chi connectivity index (χ3n) is 3.27. The molecule has 88 valence electrons. The average Bonchev–Trinajstić information content (AvgIpc) is 2.67. The van der Waals surface area contributed by atoms with E-state index in [0.717, 1.165) is 24.0 Å². The minimum atomic E-state index is 0.758. The Morgan fingerprint density at radius 2 is 2.12 bits per heavy atom. The summed E-state index contributed by atoms with van der Waals surface area (Å²) < 4.78 is 0. The van der Waals surface area contributed by atoms with Gasteiger partial charge in [0.2, 0.25) is 0 Å². The van der Waals surface area contributed by atoms with Gasteiger partial charge in [0.25, 0.3) is 0 Å². The molecule has 3 heteroatoms. The molecule has 2 N–H and O–H groups in total. The third-order valence-corrected chi connectivity index (χ3v) is 4.31. The van der Waals surface area contributed by atoms with Gasteiger partial charge in [-0.3, -0.25) is 4.90 Å². The SMILES string of the molecule is CSC(C)CCN1Cc2ccc(N)cc2C1. The van der Waals surface area contributed by atoms with Crippen LogP contribution in [0.3, 0.4) is 0 Å². The molecular formula is C13H20N2S. The summed E-state index contributed by atoms with van der Waals surface area (Å²) in [6.45, 7) is 5.65. The summed E-state index contributed by atoms with van der Waals surface area (Å²) in [6.07, 6.45) is 3.45. The largest absolute Gasteiger partial charge is 0.399 e. The van der Waals surface area contributed by atoms with E-state index in [-0.39, 0.29) is 0 Å². The Morgan fingerprint density at radius 1 is 1.38 bits per heavy atom. The Labute approximate surface area is 102 Å². The van der Waals surface area contributed by atoms with E-state index in [4.69, 9.17) is 5.73 Å². The van der Waals surface area contributed by atoms with Crippen molar-refractivity contribution in [2.45, 2.75) is 31.7 Å². The Kier molecular flexibility index (Phi) is 3.77. The molecule has 0 spiro atoms. The summed E-state index contributed by atoms with van der Waals surface area (Å²) in [5, 5.41) is 0.758. The maximum atomic E-state index is 5.80. The number of hydrogen-bond donors (Lipinski definition) is 1. The second-order valence-electron chi connectivity index (χ2n) is 4.57. The Morgan fingerprint density at radius 3 is 2.88 bits per heavy atom. The molecule has 0 aromatic heterocycles. The van der Waals surface area contributed by atoms with E-state index in [2.05, 4.69) is 30.2 Å². The lowest BCUT2D eigenvalue weighted by molar-refractivity contribution is 0.280. The van der Waals surface area contributed by atoms with Crippen LogP contribution in [-0.4, -0.2) is 23.0 Å². The molecule has 1 aliphatic heterocycles. The van der Waals surface area contributed by atoms with Gasteiger partial charge >= 0.3 is 0 Å². The number of rotatable bonds is 4. The highest BCUT2D eigenvalue weighted by molar-refractivity contribution is 7.99. The number of fused-ring (bicyclic) bond motifs is 1. The van der Waals surface area contributed by atoms with Crippen LogP contribution in [0.5, 0.6) is 0 Å². The fourth-order valence-electron chi connectivity index (χ4n) is 2.13. The van der Waals surface area contributed by atoms with Gasteiger partial charge in [0.15, 0.2) is 0 Å². The van der Waals surface area contributed by atoms with Gasteiger partial charge in [-0.2, -0.15) is 11.8 Å². The van der Waals surface area contributed by atoms with Crippen LogP contribution < -0.4 is 5.73 Å². The maximum Gasteiger partial charge on any atom is 0.0317 e. The van der Waals surface area contributed by atoms with E-state index in [1.165, 1.54) is 24.1 Å². The molecule has 0 fully saturated rings. The van der Waals surface area contributed by atoms with Crippen LogP contribution in [0.25, 0.3) is 0 Å². The average molecular weight is 236 g/mol. The summed E-state index contributed by atoms with van der Waals surface area (Å²) in [6, 6.07) is 6.29. The molecule has 1 atom stereocenters. The zero-order valence-corrected chi connectivity index (χ0v) is 10.9. The van der Waals surface area contributed by atoms with Crippen molar-refractivity contribution < 1.29 is 0 Å². The summed E-state index contributed by atoms with van der Waals surface area (Å²) >= 11 is 1.95. The highest BCUT2D eigenvalue weighted by Crippen LogP contribution is 2.25. The predicted octanol–water partition coefficient (Wildman–Crippen LogP) is 2.73. The van der Waals surface area contributed by atoms with Crippen LogP contribution in [0.2, 0.25) is 0 Å². The van der Waals surface area contributed by atoms with Crippen molar-refractivity contribution in [3.05, 3.63) is 29.3 Å². The van der Waals surface area contributed by atoms with Crippen LogP contribution in [0.1, 0.15) is 24.5 Å². The van der Waals surface area contributed by atoms with E-state index >= 15 is 0 Å². The molecule has 16 heavy (non-hydrogen) atoms. The fourth-order valence-corrected chi connectivity index (χ4v) is 2.47. The van der Waals surface area contributed by atoms with E-state index in [0.29, 0.717) is 0 Å². The molecular weight excluding hydrogens is 216 g/mol. The molecule has 1 aromatic carbocycles. The van der Waals surface area contributed by atoms with E-state index in [1.807, 2.05) is 17.8 Å². The lowest BCUT2D eigenvalue weighted by atomic mass is 10.1. The van der Waals surface area contributed by atoms with Crippen LogP contribution in [0.4, 0.5) is 5.69 Å². The first kappa shape index (κ1) is 11.8. The summed E-state index contributed by atoms with van der Waals surface area (Å²) in [5.41, 5.74) is 9.55. The highest BCUT2D eigenvalue weighted by atomic mass is 32.2. The smallest absolute Gasteiger partial charge is 0.0317 e. The Hall–Kier alpha value is -0.670. The number of nitrogens with zero attached hydrogens (tertiary/aromatic N) is 1. The normalized spacial score (nSPS) is 17.4. The standard InChI is InChI=1S/C13H20N2S/c1-10(16-2)5-6-15-8-11-3-4-13(14)7-12(11)9-15/h3-4,7,10H,5-6,8-9,14H2,1-2H3. The zero-order valence-electron chi connectivity index (χ0n) is 10.1. The van der Waals surface area contributed by atoms with Crippen molar-refractivity contribution in [1.29, 1.82) is 0 Å². The highest BCUT2D eigenvalue weighted by Gasteiger charge is 2.18. The summed E-state index contributed by atoms with van der Waals surface area (Å²) in [4.78, 5) is 2.51. The van der Waals surface area contributed by atoms with Crippen LogP contribution >= 0.6 is 11.8 Å². The lowest BCUT2D eigenvalue weighted by Gasteiger charge is -2.16. The molecule has 0 saturated heterocycles. The van der Waals surface area contributed by atoms with Crippen molar-refractivity contribution in [3.63, 3.8) is 0 Å². The van der Waals surface area contributed by atoms with Gasteiger partial charge in [-0.05, 0) is 42.5 Å². The van der Waals surface area contributed by atoms with Crippen molar-refractivity contribution in [1.82, 2.24) is 4.90 Å². The number of benzene rings is 1. The molecule has 0 aliphatic carbocycles. The molecule has 0 amide bonds. The van der Waals surface area contributed by atoms with Crippen molar-refractivity contribution >= 4 is 17.4 Å². The summed E-state index contributed by atoms with van der Waals surface area (Å²) in [5.74, 6) is 0. The monoisotopic (exact) mass is 236 g/mol. The first-order valence-electron chi connectivity index (χ1n) is 5.81. The molecule has 1 aliphatic rings. The zero-order chi connectivity index (χ0) is 11.5. The number of nitrogens with two attached hydrogens (primary N) is 1. The predicted molar refractivity (Wildman–Crippen MR) is 72.6 cm³/mol. The molecule has 1 unspecified atom stereocenters. The molecule has 2 nitrogen and oxygen atoms in total. The van der Waals surface area contributed by atoms with Gasteiger partial charge in [0.1, 0.15) is 0 Å². The molecule has 0 saturated carbocycles. The molecule has 1 heterocycles. The fraction of sp³-hybridized carbons (Fsp3) is 0.538. The lowest BCUT2D eigenvalue weighted by Crippen LogP contribution is -2.20. The van der Waals surface area contributed by atoms with Crippen molar-refractivity contribution in [3.8, 4) is 0 Å². The number of nitrogen functional groups attached to an aromatic ring is 1. The maximum absolute atomic E-state index is 5.80. The van der Waals surface area contributed by atoms with Gasteiger partial charge in [0, 0.05) is 24.0 Å². The number of hydrogen-bond acceptors (Lipinski definition) is 3. The van der Waals surface area contributed by atoms with E-state index in [1.54, 1.807) is 0 Å². The molecule has 2 rings (SSSR count). The van der Waals surface area contributed by atoms with Crippen LogP contribution in [0.15, 0.2) is 18.2 Å². The van der Waals surface area contributed by atoms with Gasteiger partial charge in [-0.25, -0.2) is 0 Å². The minimum absolute atomic E-state index is 0.758. The van der Waals surface area contributed by atoms with E-state index in [9.17, 15) is 0 Å². The van der Waals surface area contributed by atoms with Crippen LogP contribution in [-0.2, 0) is 13.1 Å². The van der Waals surface area contributed by atoms with Gasteiger partial charge in [-0.15, -0.1) is 0 Å². The van der Waals surface area contributed by atoms with Crippen molar-refractivity contribution in [2.75, 3.05) is 18.5 Å². The van der Waals surface area contributed by atoms with Crippen LogP contribution in [0, 0.1) is 0 Å². The Bertz CT molecular complexity index is 365. The number of anilines is 1. The summed E-state index contributed by atoms with van der Waals surface area (Å²) in [7, 11) is 0. The van der Waals surface area contributed by atoms with E-state index < -0.39 is 0 Å². The molecule has 0 radical (unpaired) electrons. The van der Waals surface area contributed by atoms with Gasteiger partial charge in [-0.1, -0.05) is 13.0 Å². The molecule has 0 bridgehead atoms. The minimum Gasteiger partial charge on any atom is -0.399 e. The van der Waals surface area contributed by atoms with Gasteiger partial charge in [0.05, 0.1) is 0 Å². The van der Waals surface area contributed by atoms with Gasteiger partial charge < -0.3 is 5.73 Å². The third kappa shape index (κ3) is 2.71. The Balaban J connectivity index is 1.90. The molecule has 1 aromatic rings. The first-order chi connectivity index (χ1) is 7.69. The topological polar surface area (TPSA) is 29.3 Å². The van der Waals surface area contributed by atoms with Crippen molar-refractivity contribution in [2.24, 2.45) is 0 Å².